The van der Waals surface area contributed by atoms with Crippen LogP contribution in [0.3, 0.4) is 0 Å². The van der Waals surface area contributed by atoms with Gasteiger partial charge in [-0.15, -0.1) is 0 Å². The van der Waals surface area contributed by atoms with Gasteiger partial charge in [0, 0.05) is 19.6 Å². The maximum Gasteiger partial charge on any atom is 0.247 e. The van der Waals surface area contributed by atoms with Crippen molar-refractivity contribution in [3.63, 3.8) is 0 Å². The van der Waals surface area contributed by atoms with E-state index in [1.54, 1.807) is 19.2 Å². The Morgan fingerprint density at radius 3 is 2.15 bits per heavy atom. The van der Waals surface area contributed by atoms with Gasteiger partial charge in [0.25, 0.3) is 0 Å². The number of methoxy groups -OCH3 is 3. The molecular formula is C22H28N2O7S2. The van der Waals surface area contributed by atoms with E-state index in [0.717, 1.165) is 17.5 Å². The van der Waals surface area contributed by atoms with Gasteiger partial charge in [-0.3, -0.25) is 4.31 Å². The average molecular weight is 497 g/mol. The molecule has 0 bridgehead atoms. The topological polar surface area (TPSA) is 102 Å². The summed E-state index contributed by atoms with van der Waals surface area (Å²) in [5.41, 5.74) is 2.16. The number of hydrogen-bond donors (Lipinski definition) is 0. The number of hydrogen-bond acceptors (Lipinski definition) is 7. The highest BCUT2D eigenvalue weighted by molar-refractivity contribution is 7.92. The number of ether oxygens (including phenoxy) is 3. The SMILES string of the molecule is COc1cc2c(cc1OC)CN(S(=O)(=O)c1cc(N3CCCCS3(=O)=O)ccc1OC)CC2. The normalized spacial score (nSPS) is 18.5. The minimum atomic E-state index is -3.97. The lowest BCUT2D eigenvalue weighted by atomic mass is 10.0. The van der Waals surface area contributed by atoms with Crippen LogP contribution in [0.5, 0.6) is 17.2 Å². The monoisotopic (exact) mass is 496 g/mol. The highest BCUT2D eigenvalue weighted by Crippen LogP contribution is 2.37. The van der Waals surface area contributed by atoms with E-state index >= 15 is 0 Å². The zero-order chi connectivity index (χ0) is 23.8. The first kappa shape index (κ1) is 23.7. The van der Waals surface area contributed by atoms with Gasteiger partial charge in [0.15, 0.2) is 11.5 Å². The summed E-state index contributed by atoms with van der Waals surface area (Å²) in [7, 11) is -2.95. The van der Waals surface area contributed by atoms with Gasteiger partial charge in [0.1, 0.15) is 10.6 Å². The Morgan fingerprint density at radius 1 is 0.848 bits per heavy atom. The molecule has 0 amide bonds. The lowest BCUT2D eigenvalue weighted by Gasteiger charge is -2.31. The number of anilines is 1. The summed E-state index contributed by atoms with van der Waals surface area (Å²) in [5, 5.41) is 0. The highest BCUT2D eigenvalue weighted by atomic mass is 32.2. The lowest BCUT2D eigenvalue weighted by Crippen LogP contribution is -2.38. The Labute approximate surface area is 195 Å². The summed E-state index contributed by atoms with van der Waals surface area (Å²) in [4.78, 5) is -0.0489. The molecule has 0 aliphatic carbocycles. The first-order chi connectivity index (χ1) is 15.7. The molecule has 4 rings (SSSR count). The third-order valence-corrected chi connectivity index (χ3v) is 9.82. The van der Waals surface area contributed by atoms with Gasteiger partial charge in [-0.25, -0.2) is 16.8 Å². The molecule has 0 unspecified atom stereocenters. The molecule has 9 nitrogen and oxygen atoms in total. The summed E-state index contributed by atoms with van der Waals surface area (Å²) in [5.74, 6) is 1.36. The first-order valence-corrected chi connectivity index (χ1v) is 13.7. The van der Waals surface area contributed by atoms with Crippen molar-refractivity contribution in [3.05, 3.63) is 41.5 Å². The molecule has 180 valence electrons. The number of nitrogens with zero attached hydrogens (tertiary/aromatic N) is 2. The van der Waals surface area contributed by atoms with Gasteiger partial charge in [0.05, 0.1) is 32.8 Å². The predicted molar refractivity (Wildman–Crippen MR) is 124 cm³/mol. The van der Waals surface area contributed by atoms with E-state index in [2.05, 4.69) is 0 Å². The molecule has 0 radical (unpaired) electrons. The van der Waals surface area contributed by atoms with Gasteiger partial charge < -0.3 is 14.2 Å². The van der Waals surface area contributed by atoms with Crippen LogP contribution in [-0.4, -0.2) is 61.3 Å². The van der Waals surface area contributed by atoms with Crippen molar-refractivity contribution < 1.29 is 31.0 Å². The molecule has 0 spiro atoms. The standard InChI is InChI=1S/C22H28N2O7S2/c1-29-19-7-6-18(24-9-4-5-11-32(24,25)26)14-22(19)33(27,28)23-10-8-16-12-20(30-2)21(31-3)13-17(16)15-23/h6-7,12-14H,4-5,8-11,15H2,1-3H3. The summed E-state index contributed by atoms with van der Waals surface area (Å²) >= 11 is 0. The van der Waals surface area contributed by atoms with Crippen LogP contribution >= 0.6 is 0 Å². The number of benzene rings is 2. The molecule has 0 aromatic heterocycles. The second-order valence-electron chi connectivity index (χ2n) is 7.99. The van der Waals surface area contributed by atoms with Gasteiger partial charge in [-0.2, -0.15) is 4.31 Å². The van der Waals surface area contributed by atoms with Crippen molar-refractivity contribution in [2.24, 2.45) is 0 Å². The van der Waals surface area contributed by atoms with Crippen LogP contribution in [0.1, 0.15) is 24.0 Å². The Bertz CT molecular complexity index is 1260. The largest absolute Gasteiger partial charge is 0.495 e. The molecule has 2 heterocycles. The third kappa shape index (κ3) is 4.36. The van der Waals surface area contributed by atoms with E-state index in [1.807, 2.05) is 6.07 Å². The van der Waals surface area contributed by atoms with Crippen molar-refractivity contribution in [1.29, 1.82) is 0 Å². The molecule has 33 heavy (non-hydrogen) atoms. The fourth-order valence-corrected chi connectivity index (χ4v) is 7.53. The van der Waals surface area contributed by atoms with E-state index in [-0.39, 0.29) is 29.5 Å². The quantitative estimate of drug-likeness (QED) is 0.605. The van der Waals surface area contributed by atoms with Crippen molar-refractivity contribution in [1.82, 2.24) is 4.31 Å². The molecule has 2 aliphatic heterocycles. The zero-order valence-electron chi connectivity index (χ0n) is 18.9. The van der Waals surface area contributed by atoms with Gasteiger partial charge in [-0.05, 0) is 60.7 Å². The van der Waals surface area contributed by atoms with Crippen LogP contribution in [-0.2, 0) is 33.0 Å². The van der Waals surface area contributed by atoms with E-state index in [4.69, 9.17) is 14.2 Å². The van der Waals surface area contributed by atoms with Crippen molar-refractivity contribution >= 4 is 25.7 Å². The van der Waals surface area contributed by atoms with Crippen LogP contribution in [0.4, 0.5) is 5.69 Å². The number of fused-ring (bicyclic) bond motifs is 1. The van der Waals surface area contributed by atoms with Crippen LogP contribution in [0.25, 0.3) is 0 Å². The molecular weight excluding hydrogens is 468 g/mol. The van der Waals surface area contributed by atoms with Gasteiger partial charge in [0.2, 0.25) is 20.0 Å². The second-order valence-corrected chi connectivity index (χ2v) is 11.9. The Balaban J connectivity index is 1.71. The molecule has 0 N–H and O–H groups in total. The Hall–Kier alpha value is -2.50. The molecule has 2 aromatic rings. The second kappa shape index (κ2) is 9.03. The maximum atomic E-state index is 13.7. The molecule has 2 aliphatic rings. The number of rotatable bonds is 6. The minimum absolute atomic E-state index is 0.0489. The van der Waals surface area contributed by atoms with Crippen LogP contribution in [0, 0.1) is 0 Å². The average Bonchev–Trinajstić information content (AvgIpc) is 2.82. The molecule has 11 heteroatoms. The Morgan fingerprint density at radius 2 is 1.52 bits per heavy atom. The summed E-state index contributed by atoms with van der Waals surface area (Å²) in [6.07, 6.45) is 1.83. The van der Waals surface area contributed by atoms with Gasteiger partial charge in [-0.1, -0.05) is 0 Å². The Kier molecular flexibility index (Phi) is 6.47. The van der Waals surface area contributed by atoms with E-state index in [1.165, 1.54) is 35.0 Å². The highest BCUT2D eigenvalue weighted by Gasteiger charge is 2.33. The van der Waals surface area contributed by atoms with E-state index in [9.17, 15) is 16.8 Å². The molecule has 1 saturated heterocycles. The molecule has 2 aromatic carbocycles. The number of sulfonamides is 2. The molecule has 1 fully saturated rings. The first-order valence-electron chi connectivity index (χ1n) is 10.6. The minimum Gasteiger partial charge on any atom is -0.495 e. The fourth-order valence-electron chi connectivity index (χ4n) is 4.30. The van der Waals surface area contributed by atoms with E-state index in [0.29, 0.717) is 36.6 Å². The van der Waals surface area contributed by atoms with Crippen LogP contribution in [0.15, 0.2) is 35.2 Å². The van der Waals surface area contributed by atoms with Crippen molar-refractivity contribution in [2.45, 2.75) is 30.7 Å². The summed E-state index contributed by atoms with van der Waals surface area (Å²) in [6, 6.07) is 8.17. The van der Waals surface area contributed by atoms with Crippen molar-refractivity contribution in [2.75, 3.05) is 44.5 Å². The molecule has 0 atom stereocenters. The summed E-state index contributed by atoms with van der Waals surface area (Å²) in [6.45, 7) is 0.764. The van der Waals surface area contributed by atoms with Crippen LogP contribution in [0.2, 0.25) is 0 Å². The predicted octanol–water partition coefficient (Wildman–Crippen LogP) is 2.39. The zero-order valence-corrected chi connectivity index (χ0v) is 20.5. The summed E-state index contributed by atoms with van der Waals surface area (Å²) < 4.78 is 71.2. The van der Waals surface area contributed by atoms with Gasteiger partial charge >= 0.3 is 0 Å². The van der Waals surface area contributed by atoms with Crippen molar-refractivity contribution in [3.8, 4) is 17.2 Å². The maximum absolute atomic E-state index is 13.7. The fraction of sp³-hybridized carbons (Fsp3) is 0.455. The molecule has 0 saturated carbocycles. The van der Waals surface area contributed by atoms with Crippen LogP contribution < -0.4 is 18.5 Å². The lowest BCUT2D eigenvalue weighted by molar-refractivity contribution is 0.348. The smallest absolute Gasteiger partial charge is 0.247 e. The third-order valence-electron chi connectivity index (χ3n) is 6.09. The van der Waals surface area contributed by atoms with E-state index < -0.39 is 20.0 Å².